The predicted octanol–water partition coefficient (Wildman–Crippen LogP) is 14.0. The maximum Gasteiger partial charge on any atom is 0.161 e. The third kappa shape index (κ3) is 6.74. The molecule has 5 nitrogen and oxygen atoms in total. The minimum absolute atomic E-state index is 0.614. The monoisotopic (exact) mass is 779 g/mol. The molecule has 11 rings (SSSR count). The molecular weight excluding hydrogens is 743 g/mol. The van der Waals surface area contributed by atoms with E-state index in [-0.39, 0.29) is 0 Å². The van der Waals surface area contributed by atoms with Gasteiger partial charge in [-0.3, -0.25) is 0 Å². The Morgan fingerprint density at radius 1 is 0.279 bits per heavy atom. The van der Waals surface area contributed by atoms with Crippen molar-refractivity contribution in [3.63, 3.8) is 0 Å². The normalized spacial score (nSPS) is 11.3. The number of nitrogens with zero attached hydrogens (tertiary/aromatic N) is 5. The summed E-state index contributed by atoms with van der Waals surface area (Å²) in [5, 5.41) is 2.33. The van der Waals surface area contributed by atoms with E-state index in [1.165, 1.54) is 5.39 Å². The highest BCUT2D eigenvalue weighted by molar-refractivity contribution is 6.16. The van der Waals surface area contributed by atoms with Crippen LogP contribution < -0.4 is 0 Å². The first-order valence-electron chi connectivity index (χ1n) is 20.5. The standard InChI is InChI=1S/C56H37N5/c1-6-19-38(20-7-1)48-36-49(39-21-8-2-9-22-39)58-55(57-48)42-33-34-44(45-30-18-32-53-54(45)46-29-16-17-31-52(46)61(53)43-27-14-5-15-28-43)47(35-42)56-59-50(40-23-10-3-11-24-40)37-51(60-56)41-25-12-4-13-26-41/h1-37H. The zero-order valence-electron chi connectivity index (χ0n) is 33.1. The molecule has 0 unspecified atom stereocenters. The van der Waals surface area contributed by atoms with E-state index in [4.69, 9.17) is 19.9 Å². The van der Waals surface area contributed by atoms with Crippen molar-refractivity contribution in [2.45, 2.75) is 0 Å². The van der Waals surface area contributed by atoms with Gasteiger partial charge in [-0.1, -0.05) is 182 Å². The third-order valence-corrected chi connectivity index (χ3v) is 11.3. The molecule has 8 aromatic carbocycles. The van der Waals surface area contributed by atoms with Crippen LogP contribution in [-0.4, -0.2) is 24.5 Å². The molecule has 0 amide bonds. The Labute approximate surface area is 354 Å². The van der Waals surface area contributed by atoms with Gasteiger partial charge >= 0.3 is 0 Å². The van der Waals surface area contributed by atoms with Crippen LogP contribution in [0.5, 0.6) is 0 Å². The number of fused-ring (bicyclic) bond motifs is 3. The summed E-state index contributed by atoms with van der Waals surface area (Å²) in [6.07, 6.45) is 0. The summed E-state index contributed by atoms with van der Waals surface area (Å²) in [4.78, 5) is 21.3. The van der Waals surface area contributed by atoms with Crippen LogP contribution in [-0.2, 0) is 0 Å². The van der Waals surface area contributed by atoms with Gasteiger partial charge in [0, 0.05) is 49.8 Å². The number of benzene rings is 8. The van der Waals surface area contributed by atoms with Crippen molar-refractivity contribution in [3.05, 3.63) is 224 Å². The summed E-state index contributed by atoms with van der Waals surface area (Å²) in [7, 11) is 0. The Balaban J connectivity index is 1.20. The van der Waals surface area contributed by atoms with E-state index < -0.39 is 0 Å². The highest BCUT2D eigenvalue weighted by atomic mass is 15.0. The summed E-state index contributed by atoms with van der Waals surface area (Å²) < 4.78 is 2.36. The van der Waals surface area contributed by atoms with E-state index in [1.54, 1.807) is 0 Å². The van der Waals surface area contributed by atoms with Crippen molar-refractivity contribution in [1.29, 1.82) is 0 Å². The van der Waals surface area contributed by atoms with Gasteiger partial charge in [-0.2, -0.15) is 0 Å². The molecule has 0 saturated heterocycles. The van der Waals surface area contributed by atoms with Crippen molar-refractivity contribution in [2.75, 3.05) is 0 Å². The Kier molecular flexibility index (Phi) is 9.10. The van der Waals surface area contributed by atoms with E-state index in [1.807, 2.05) is 48.5 Å². The van der Waals surface area contributed by atoms with E-state index in [0.29, 0.717) is 11.6 Å². The van der Waals surface area contributed by atoms with Gasteiger partial charge in [0.2, 0.25) is 0 Å². The topological polar surface area (TPSA) is 56.5 Å². The molecule has 0 atom stereocenters. The van der Waals surface area contributed by atoms with Crippen molar-refractivity contribution < 1.29 is 0 Å². The lowest BCUT2D eigenvalue weighted by molar-refractivity contribution is 1.17. The van der Waals surface area contributed by atoms with Crippen LogP contribution >= 0.6 is 0 Å². The second kappa shape index (κ2) is 15.5. The lowest BCUT2D eigenvalue weighted by atomic mass is 9.93. The van der Waals surface area contributed by atoms with Gasteiger partial charge in [0.25, 0.3) is 0 Å². The fraction of sp³-hybridized carbons (Fsp3) is 0. The van der Waals surface area contributed by atoms with Crippen LogP contribution in [0.4, 0.5) is 0 Å². The summed E-state index contributed by atoms with van der Waals surface area (Å²) in [6, 6.07) is 77.8. The van der Waals surface area contributed by atoms with Crippen LogP contribution in [0.3, 0.4) is 0 Å². The number of aromatic nitrogens is 5. The Bertz CT molecular complexity index is 3210. The molecular formula is C56H37N5. The molecule has 0 aliphatic rings. The van der Waals surface area contributed by atoms with Gasteiger partial charge in [0.05, 0.1) is 33.8 Å². The van der Waals surface area contributed by atoms with Gasteiger partial charge in [-0.15, -0.1) is 0 Å². The van der Waals surface area contributed by atoms with Gasteiger partial charge in [0.15, 0.2) is 11.6 Å². The summed E-state index contributed by atoms with van der Waals surface area (Å²) in [5.41, 5.74) is 14.7. The maximum atomic E-state index is 5.39. The molecule has 0 spiro atoms. The zero-order chi connectivity index (χ0) is 40.5. The largest absolute Gasteiger partial charge is 0.309 e. The van der Waals surface area contributed by atoms with Crippen LogP contribution in [0.15, 0.2) is 224 Å². The molecule has 11 aromatic rings. The highest BCUT2D eigenvalue weighted by Crippen LogP contribution is 2.43. The van der Waals surface area contributed by atoms with E-state index in [9.17, 15) is 0 Å². The number of rotatable bonds is 8. The zero-order valence-corrected chi connectivity index (χ0v) is 33.1. The van der Waals surface area contributed by atoms with E-state index in [2.05, 4.69) is 180 Å². The van der Waals surface area contributed by atoms with E-state index in [0.717, 1.165) is 89.4 Å². The lowest BCUT2D eigenvalue weighted by Crippen LogP contribution is -2.00. The summed E-state index contributed by atoms with van der Waals surface area (Å²) >= 11 is 0. The molecule has 0 N–H and O–H groups in total. The summed E-state index contributed by atoms with van der Waals surface area (Å²) in [6.45, 7) is 0. The fourth-order valence-corrected chi connectivity index (χ4v) is 8.37. The lowest BCUT2D eigenvalue weighted by Gasteiger charge is -2.16. The minimum Gasteiger partial charge on any atom is -0.309 e. The Morgan fingerprint density at radius 2 is 0.721 bits per heavy atom. The van der Waals surface area contributed by atoms with Gasteiger partial charge in [-0.05, 0) is 53.6 Å². The molecule has 0 aliphatic carbocycles. The van der Waals surface area contributed by atoms with Gasteiger partial charge < -0.3 is 4.57 Å². The second-order valence-electron chi connectivity index (χ2n) is 15.0. The first-order chi connectivity index (χ1) is 30.2. The molecule has 5 heteroatoms. The molecule has 286 valence electrons. The first-order valence-corrected chi connectivity index (χ1v) is 20.5. The van der Waals surface area contributed by atoms with Gasteiger partial charge in [-0.25, -0.2) is 19.9 Å². The van der Waals surface area contributed by atoms with E-state index >= 15 is 0 Å². The van der Waals surface area contributed by atoms with Gasteiger partial charge in [0.1, 0.15) is 0 Å². The van der Waals surface area contributed by atoms with Crippen molar-refractivity contribution >= 4 is 21.8 Å². The Hall–Kier alpha value is -8.28. The maximum absolute atomic E-state index is 5.39. The average molecular weight is 780 g/mol. The fourth-order valence-electron chi connectivity index (χ4n) is 8.37. The highest BCUT2D eigenvalue weighted by Gasteiger charge is 2.22. The van der Waals surface area contributed by atoms with Crippen molar-refractivity contribution in [3.8, 4) is 84.6 Å². The minimum atomic E-state index is 0.614. The van der Waals surface area contributed by atoms with Crippen LogP contribution in [0.1, 0.15) is 0 Å². The number of hydrogen-bond donors (Lipinski definition) is 0. The second-order valence-corrected chi connectivity index (χ2v) is 15.0. The molecule has 3 aromatic heterocycles. The SMILES string of the molecule is c1ccc(-c2cc(-c3ccccc3)nc(-c3ccc(-c4cccc5c4c4ccccc4n5-c4ccccc4)c(-c4nc(-c5ccccc5)cc(-c5ccccc5)n4)c3)n2)cc1. The molecule has 0 bridgehead atoms. The molecule has 0 fully saturated rings. The first kappa shape index (κ1) is 35.8. The quantitative estimate of drug-likeness (QED) is 0.154. The van der Waals surface area contributed by atoms with Crippen LogP contribution in [0, 0.1) is 0 Å². The molecule has 0 saturated carbocycles. The molecule has 0 radical (unpaired) electrons. The van der Waals surface area contributed by atoms with Crippen LogP contribution in [0.2, 0.25) is 0 Å². The van der Waals surface area contributed by atoms with Crippen molar-refractivity contribution in [1.82, 2.24) is 24.5 Å². The summed E-state index contributed by atoms with van der Waals surface area (Å²) in [5.74, 6) is 1.23. The van der Waals surface area contributed by atoms with Crippen molar-refractivity contribution in [2.24, 2.45) is 0 Å². The average Bonchev–Trinajstić information content (AvgIpc) is 3.69. The number of hydrogen-bond acceptors (Lipinski definition) is 4. The molecule has 61 heavy (non-hydrogen) atoms. The Morgan fingerprint density at radius 3 is 1.25 bits per heavy atom. The third-order valence-electron chi connectivity index (χ3n) is 11.3. The number of para-hydroxylation sites is 2. The predicted molar refractivity (Wildman–Crippen MR) is 250 cm³/mol. The smallest absolute Gasteiger partial charge is 0.161 e. The molecule has 3 heterocycles. The van der Waals surface area contributed by atoms with Crippen LogP contribution in [0.25, 0.3) is 106 Å². The molecule has 0 aliphatic heterocycles.